The molecule has 1 saturated carbocycles. The second-order valence-electron chi connectivity index (χ2n) is 4.35. The molecule has 0 bridgehead atoms. The summed E-state index contributed by atoms with van der Waals surface area (Å²) in [5.74, 6) is 1.26. The van der Waals surface area contributed by atoms with Gasteiger partial charge in [0.25, 0.3) is 0 Å². The molecule has 0 unspecified atom stereocenters. The van der Waals surface area contributed by atoms with Crippen molar-refractivity contribution in [3.63, 3.8) is 0 Å². The Morgan fingerprint density at radius 1 is 1.27 bits per heavy atom. The minimum absolute atomic E-state index is 0.118. The van der Waals surface area contributed by atoms with Crippen molar-refractivity contribution >= 4 is 5.78 Å². The third kappa shape index (κ3) is 2.20. The van der Waals surface area contributed by atoms with Gasteiger partial charge in [-0.3, -0.25) is 4.79 Å². The maximum absolute atomic E-state index is 11.0. The fourth-order valence-corrected chi connectivity index (χ4v) is 1.99. The number of hydrogen-bond donors (Lipinski definition) is 0. The van der Waals surface area contributed by atoms with Gasteiger partial charge >= 0.3 is 0 Å². The molecule has 0 aromatic heterocycles. The van der Waals surface area contributed by atoms with Crippen LogP contribution in [0.2, 0.25) is 0 Å². The van der Waals surface area contributed by atoms with Crippen LogP contribution >= 0.6 is 0 Å². The van der Waals surface area contributed by atoms with Crippen molar-refractivity contribution in [2.24, 2.45) is 5.41 Å². The van der Waals surface area contributed by atoms with E-state index in [-0.39, 0.29) is 5.41 Å². The quantitative estimate of drug-likeness (QED) is 0.753. The molecule has 0 radical (unpaired) electrons. The number of para-hydroxylation sites is 1. The lowest BCUT2D eigenvalue weighted by Crippen LogP contribution is -2.41. The zero-order chi connectivity index (χ0) is 10.7. The van der Waals surface area contributed by atoms with Gasteiger partial charge in [0, 0.05) is 18.3 Å². The summed E-state index contributed by atoms with van der Waals surface area (Å²) >= 11 is 0. The standard InChI is InChI=1S/C13H16O2/c1-2-13(8-11(14)9-13)10-15-12-6-4-3-5-7-12/h3-7H,2,8-10H2,1H3. The summed E-state index contributed by atoms with van der Waals surface area (Å²) in [4.78, 5) is 11.0. The number of benzene rings is 1. The van der Waals surface area contributed by atoms with Crippen molar-refractivity contribution in [1.82, 2.24) is 0 Å². The van der Waals surface area contributed by atoms with E-state index in [9.17, 15) is 4.79 Å². The first-order chi connectivity index (χ1) is 7.24. The Labute approximate surface area is 90.3 Å². The minimum atomic E-state index is 0.118. The Balaban J connectivity index is 1.90. The Kier molecular flexibility index (Phi) is 2.76. The molecule has 0 atom stereocenters. The van der Waals surface area contributed by atoms with E-state index in [2.05, 4.69) is 6.92 Å². The summed E-state index contributed by atoms with van der Waals surface area (Å²) < 4.78 is 5.70. The van der Waals surface area contributed by atoms with Crippen LogP contribution in [0, 0.1) is 5.41 Å². The number of rotatable bonds is 4. The fourth-order valence-electron chi connectivity index (χ4n) is 1.99. The molecular weight excluding hydrogens is 188 g/mol. The summed E-state index contributed by atoms with van der Waals surface area (Å²) in [7, 11) is 0. The molecule has 1 aromatic rings. The minimum Gasteiger partial charge on any atom is -0.493 e. The zero-order valence-corrected chi connectivity index (χ0v) is 9.03. The molecular formula is C13H16O2. The number of ether oxygens (including phenoxy) is 1. The molecule has 15 heavy (non-hydrogen) atoms. The van der Waals surface area contributed by atoms with Crippen LogP contribution in [0.1, 0.15) is 26.2 Å². The van der Waals surface area contributed by atoms with Crippen molar-refractivity contribution < 1.29 is 9.53 Å². The van der Waals surface area contributed by atoms with Gasteiger partial charge in [-0.15, -0.1) is 0 Å². The SMILES string of the molecule is CCC1(COc2ccccc2)CC(=O)C1. The van der Waals surface area contributed by atoms with E-state index in [0.29, 0.717) is 25.2 Å². The van der Waals surface area contributed by atoms with Gasteiger partial charge in [0.15, 0.2) is 0 Å². The van der Waals surface area contributed by atoms with Crippen LogP contribution in [0.25, 0.3) is 0 Å². The third-order valence-electron chi connectivity index (χ3n) is 3.18. The molecule has 1 aromatic carbocycles. The summed E-state index contributed by atoms with van der Waals surface area (Å²) in [5.41, 5.74) is 0.118. The van der Waals surface area contributed by atoms with E-state index in [0.717, 1.165) is 12.2 Å². The predicted octanol–water partition coefficient (Wildman–Crippen LogP) is 2.82. The molecule has 1 aliphatic carbocycles. The lowest BCUT2D eigenvalue weighted by atomic mass is 9.67. The molecule has 2 nitrogen and oxygen atoms in total. The smallest absolute Gasteiger partial charge is 0.134 e. The summed E-state index contributed by atoms with van der Waals surface area (Å²) in [6, 6.07) is 9.78. The molecule has 0 saturated heterocycles. The molecule has 1 aliphatic rings. The Morgan fingerprint density at radius 2 is 1.93 bits per heavy atom. The van der Waals surface area contributed by atoms with Crippen LogP contribution in [0.3, 0.4) is 0 Å². The number of carbonyl (C=O) groups excluding carboxylic acids is 1. The largest absolute Gasteiger partial charge is 0.493 e. The van der Waals surface area contributed by atoms with Gasteiger partial charge in [0.05, 0.1) is 6.61 Å². The molecule has 2 rings (SSSR count). The number of hydrogen-bond acceptors (Lipinski definition) is 2. The van der Waals surface area contributed by atoms with E-state index in [4.69, 9.17) is 4.74 Å². The van der Waals surface area contributed by atoms with Gasteiger partial charge in [-0.05, 0) is 18.6 Å². The first-order valence-electron chi connectivity index (χ1n) is 5.44. The molecule has 80 valence electrons. The van der Waals surface area contributed by atoms with Gasteiger partial charge in [-0.1, -0.05) is 25.1 Å². The highest BCUT2D eigenvalue weighted by Gasteiger charge is 2.42. The van der Waals surface area contributed by atoms with Crippen LogP contribution in [-0.4, -0.2) is 12.4 Å². The number of ketones is 1. The van der Waals surface area contributed by atoms with E-state index >= 15 is 0 Å². The van der Waals surface area contributed by atoms with Crippen LogP contribution < -0.4 is 4.74 Å². The van der Waals surface area contributed by atoms with Gasteiger partial charge in [-0.2, -0.15) is 0 Å². The second-order valence-corrected chi connectivity index (χ2v) is 4.35. The van der Waals surface area contributed by atoms with Crippen molar-refractivity contribution in [2.45, 2.75) is 26.2 Å². The Morgan fingerprint density at radius 3 is 2.47 bits per heavy atom. The van der Waals surface area contributed by atoms with Crippen molar-refractivity contribution in [2.75, 3.05) is 6.61 Å². The predicted molar refractivity (Wildman–Crippen MR) is 58.9 cm³/mol. The highest BCUT2D eigenvalue weighted by atomic mass is 16.5. The van der Waals surface area contributed by atoms with Crippen LogP contribution in [-0.2, 0) is 4.79 Å². The average Bonchev–Trinajstić information content (AvgIpc) is 2.24. The summed E-state index contributed by atoms with van der Waals surface area (Å²) in [6.45, 7) is 2.79. The Hall–Kier alpha value is -1.31. The van der Waals surface area contributed by atoms with E-state index in [1.807, 2.05) is 30.3 Å². The molecule has 0 heterocycles. The molecule has 0 aliphatic heterocycles. The highest BCUT2D eigenvalue weighted by molar-refractivity contribution is 5.86. The summed E-state index contributed by atoms with van der Waals surface area (Å²) in [6.07, 6.45) is 2.40. The zero-order valence-electron chi connectivity index (χ0n) is 9.03. The van der Waals surface area contributed by atoms with Crippen LogP contribution in [0.15, 0.2) is 30.3 Å². The van der Waals surface area contributed by atoms with E-state index < -0.39 is 0 Å². The topological polar surface area (TPSA) is 26.3 Å². The number of Topliss-reactive ketones (excluding diaryl/α,β-unsaturated/α-hetero) is 1. The lowest BCUT2D eigenvalue weighted by Gasteiger charge is -2.39. The fraction of sp³-hybridized carbons (Fsp3) is 0.462. The highest BCUT2D eigenvalue weighted by Crippen LogP contribution is 2.41. The van der Waals surface area contributed by atoms with Crippen LogP contribution in [0.5, 0.6) is 5.75 Å². The van der Waals surface area contributed by atoms with Crippen molar-refractivity contribution in [1.29, 1.82) is 0 Å². The van der Waals surface area contributed by atoms with Gasteiger partial charge in [0.1, 0.15) is 11.5 Å². The average molecular weight is 204 g/mol. The van der Waals surface area contributed by atoms with E-state index in [1.54, 1.807) is 0 Å². The first-order valence-corrected chi connectivity index (χ1v) is 5.44. The second kappa shape index (κ2) is 4.05. The van der Waals surface area contributed by atoms with Gasteiger partial charge < -0.3 is 4.74 Å². The van der Waals surface area contributed by atoms with Gasteiger partial charge in [0.2, 0.25) is 0 Å². The maximum atomic E-state index is 11.0. The normalized spacial score (nSPS) is 18.3. The maximum Gasteiger partial charge on any atom is 0.134 e. The summed E-state index contributed by atoms with van der Waals surface area (Å²) in [5, 5.41) is 0. The molecule has 0 N–H and O–H groups in total. The van der Waals surface area contributed by atoms with Gasteiger partial charge in [-0.25, -0.2) is 0 Å². The third-order valence-corrected chi connectivity index (χ3v) is 3.18. The molecule has 2 heteroatoms. The molecule has 1 fully saturated rings. The molecule has 0 spiro atoms. The lowest BCUT2D eigenvalue weighted by molar-refractivity contribution is -0.135. The monoisotopic (exact) mass is 204 g/mol. The van der Waals surface area contributed by atoms with E-state index in [1.165, 1.54) is 0 Å². The first kappa shape index (κ1) is 10.2. The van der Waals surface area contributed by atoms with Crippen LogP contribution in [0.4, 0.5) is 0 Å². The van der Waals surface area contributed by atoms with Crippen molar-refractivity contribution in [3.05, 3.63) is 30.3 Å². The Bertz CT molecular complexity index is 335. The molecule has 0 amide bonds. The number of carbonyl (C=O) groups is 1. The van der Waals surface area contributed by atoms with Crippen molar-refractivity contribution in [3.8, 4) is 5.75 Å².